The highest BCUT2D eigenvalue weighted by Gasteiger charge is 2.16. The van der Waals surface area contributed by atoms with Crippen LogP contribution in [0.25, 0.3) is 0 Å². The molecule has 1 N–H and O–H groups in total. The smallest absolute Gasteiger partial charge is 0.00967 e. The first kappa shape index (κ1) is 16.6. The Kier molecular flexibility index (Phi) is 6.95. The zero-order chi connectivity index (χ0) is 14.3. The van der Waals surface area contributed by atoms with Crippen LogP contribution in [-0.4, -0.2) is 24.1 Å². The molecule has 1 atom stereocenters. The summed E-state index contributed by atoms with van der Waals surface area (Å²) in [7, 11) is 0. The molecule has 0 heterocycles. The van der Waals surface area contributed by atoms with Gasteiger partial charge in [-0.2, -0.15) is 11.8 Å². The van der Waals surface area contributed by atoms with Crippen LogP contribution in [0.4, 0.5) is 0 Å². The first-order valence-electron chi connectivity index (χ1n) is 7.23. The molecular formula is C17H29NS. The summed E-state index contributed by atoms with van der Waals surface area (Å²) >= 11 is 1.95. The topological polar surface area (TPSA) is 12.0 Å². The number of hydrogen-bond donors (Lipinski definition) is 1. The lowest BCUT2D eigenvalue weighted by Gasteiger charge is -2.26. The summed E-state index contributed by atoms with van der Waals surface area (Å²) < 4.78 is 0. The molecule has 1 aromatic rings. The SMILES string of the molecule is CSCCCC(CNC(C)(C)C)c1ccccc1C. The number of nitrogens with one attached hydrogen (secondary N) is 1. The molecule has 0 radical (unpaired) electrons. The van der Waals surface area contributed by atoms with Gasteiger partial charge in [-0.1, -0.05) is 24.3 Å². The van der Waals surface area contributed by atoms with E-state index in [0.29, 0.717) is 5.92 Å². The van der Waals surface area contributed by atoms with Crippen molar-refractivity contribution in [3.8, 4) is 0 Å². The van der Waals surface area contributed by atoms with Gasteiger partial charge in [0.2, 0.25) is 0 Å². The van der Waals surface area contributed by atoms with Crippen LogP contribution in [0.5, 0.6) is 0 Å². The maximum atomic E-state index is 3.67. The Bertz CT molecular complexity index is 368. The molecule has 0 aliphatic rings. The van der Waals surface area contributed by atoms with Gasteiger partial charge < -0.3 is 5.32 Å². The van der Waals surface area contributed by atoms with E-state index in [1.54, 1.807) is 0 Å². The predicted molar refractivity (Wildman–Crippen MR) is 89.3 cm³/mol. The summed E-state index contributed by atoms with van der Waals surface area (Å²) in [5.74, 6) is 1.89. The van der Waals surface area contributed by atoms with Crippen LogP contribution >= 0.6 is 11.8 Å². The average molecular weight is 279 g/mol. The summed E-state index contributed by atoms with van der Waals surface area (Å²) in [6, 6.07) is 8.83. The number of thioether (sulfide) groups is 1. The van der Waals surface area contributed by atoms with Crippen molar-refractivity contribution >= 4 is 11.8 Å². The van der Waals surface area contributed by atoms with Crippen LogP contribution in [0.1, 0.15) is 50.7 Å². The van der Waals surface area contributed by atoms with Crippen LogP contribution in [0.2, 0.25) is 0 Å². The lowest BCUT2D eigenvalue weighted by atomic mass is 9.90. The van der Waals surface area contributed by atoms with Crippen LogP contribution < -0.4 is 5.32 Å². The lowest BCUT2D eigenvalue weighted by Crippen LogP contribution is -2.38. The minimum absolute atomic E-state index is 0.195. The van der Waals surface area contributed by atoms with Crippen molar-refractivity contribution in [1.82, 2.24) is 5.32 Å². The van der Waals surface area contributed by atoms with E-state index >= 15 is 0 Å². The van der Waals surface area contributed by atoms with E-state index in [9.17, 15) is 0 Å². The molecule has 2 heteroatoms. The zero-order valence-electron chi connectivity index (χ0n) is 13.1. The molecule has 0 saturated heterocycles. The van der Waals surface area contributed by atoms with E-state index in [0.717, 1.165) is 6.54 Å². The first-order valence-corrected chi connectivity index (χ1v) is 8.63. The Morgan fingerprint density at radius 3 is 2.47 bits per heavy atom. The van der Waals surface area contributed by atoms with E-state index in [4.69, 9.17) is 0 Å². The zero-order valence-corrected chi connectivity index (χ0v) is 13.9. The van der Waals surface area contributed by atoms with E-state index in [-0.39, 0.29) is 5.54 Å². The van der Waals surface area contributed by atoms with Crippen molar-refractivity contribution in [3.63, 3.8) is 0 Å². The molecule has 1 nitrogen and oxygen atoms in total. The predicted octanol–water partition coefficient (Wildman–Crippen LogP) is 4.61. The number of rotatable bonds is 7. The summed E-state index contributed by atoms with van der Waals surface area (Å²) in [4.78, 5) is 0. The third kappa shape index (κ3) is 6.49. The first-order chi connectivity index (χ1) is 8.94. The Morgan fingerprint density at radius 1 is 1.21 bits per heavy atom. The van der Waals surface area contributed by atoms with Crippen molar-refractivity contribution in [2.24, 2.45) is 0 Å². The number of benzene rings is 1. The molecule has 0 bridgehead atoms. The fourth-order valence-corrected chi connectivity index (χ4v) is 2.77. The minimum Gasteiger partial charge on any atom is -0.311 e. The fourth-order valence-electron chi connectivity index (χ4n) is 2.32. The van der Waals surface area contributed by atoms with Crippen molar-refractivity contribution in [3.05, 3.63) is 35.4 Å². The molecule has 1 rings (SSSR count). The molecule has 0 aliphatic heterocycles. The largest absolute Gasteiger partial charge is 0.311 e. The van der Waals surface area contributed by atoms with Gasteiger partial charge in [-0.15, -0.1) is 0 Å². The van der Waals surface area contributed by atoms with Gasteiger partial charge in [-0.25, -0.2) is 0 Å². The van der Waals surface area contributed by atoms with Crippen LogP contribution in [0, 0.1) is 6.92 Å². The van der Waals surface area contributed by atoms with Crippen molar-refractivity contribution in [1.29, 1.82) is 0 Å². The highest BCUT2D eigenvalue weighted by atomic mass is 32.2. The summed E-state index contributed by atoms with van der Waals surface area (Å²) in [6.07, 6.45) is 4.76. The maximum Gasteiger partial charge on any atom is 0.00967 e. The quantitative estimate of drug-likeness (QED) is 0.732. The second-order valence-corrected chi connectivity index (χ2v) is 7.31. The normalized spacial score (nSPS) is 13.5. The molecule has 0 fully saturated rings. The Labute approximate surface area is 123 Å². The molecule has 0 spiro atoms. The molecule has 1 unspecified atom stereocenters. The molecule has 0 aromatic heterocycles. The van der Waals surface area contributed by atoms with Crippen molar-refractivity contribution in [2.75, 3.05) is 18.6 Å². The van der Waals surface area contributed by atoms with Gasteiger partial charge >= 0.3 is 0 Å². The van der Waals surface area contributed by atoms with E-state index in [2.05, 4.69) is 63.5 Å². The van der Waals surface area contributed by atoms with Crippen LogP contribution in [0.15, 0.2) is 24.3 Å². The average Bonchev–Trinajstić information content (AvgIpc) is 2.33. The monoisotopic (exact) mass is 279 g/mol. The number of hydrogen-bond acceptors (Lipinski definition) is 2. The molecule has 1 aromatic carbocycles. The molecule has 0 amide bonds. The lowest BCUT2D eigenvalue weighted by molar-refractivity contribution is 0.398. The van der Waals surface area contributed by atoms with Gasteiger partial charge in [0.1, 0.15) is 0 Å². The molecule has 108 valence electrons. The highest BCUT2D eigenvalue weighted by Crippen LogP contribution is 2.25. The summed E-state index contributed by atoms with van der Waals surface area (Å²) in [5.41, 5.74) is 3.13. The molecule has 19 heavy (non-hydrogen) atoms. The molecular weight excluding hydrogens is 250 g/mol. The summed E-state index contributed by atoms with van der Waals surface area (Å²) in [6.45, 7) is 10.0. The third-order valence-electron chi connectivity index (χ3n) is 3.41. The minimum atomic E-state index is 0.195. The fraction of sp³-hybridized carbons (Fsp3) is 0.647. The van der Waals surface area contributed by atoms with Gasteiger partial charge in [0.25, 0.3) is 0 Å². The Morgan fingerprint density at radius 2 is 1.89 bits per heavy atom. The molecule has 0 aliphatic carbocycles. The van der Waals surface area contributed by atoms with Crippen molar-refractivity contribution < 1.29 is 0 Å². The Hall–Kier alpha value is -0.470. The standard InChI is InChI=1S/C17H29NS/c1-14-9-6-7-11-16(14)15(10-8-12-19-5)13-18-17(2,3)4/h6-7,9,11,15,18H,8,10,12-13H2,1-5H3. The van der Waals surface area contributed by atoms with Gasteiger partial charge in [-0.3, -0.25) is 0 Å². The van der Waals surface area contributed by atoms with Crippen molar-refractivity contribution in [2.45, 2.75) is 52.0 Å². The maximum absolute atomic E-state index is 3.67. The van der Waals surface area contributed by atoms with E-state index in [1.165, 1.54) is 29.7 Å². The third-order valence-corrected chi connectivity index (χ3v) is 4.11. The molecule has 0 saturated carbocycles. The highest BCUT2D eigenvalue weighted by molar-refractivity contribution is 7.98. The van der Waals surface area contributed by atoms with Crippen LogP contribution in [-0.2, 0) is 0 Å². The van der Waals surface area contributed by atoms with Gasteiger partial charge in [0.05, 0.1) is 0 Å². The van der Waals surface area contributed by atoms with Gasteiger partial charge in [-0.05, 0) is 69.6 Å². The second-order valence-electron chi connectivity index (χ2n) is 6.32. The summed E-state index contributed by atoms with van der Waals surface area (Å²) in [5, 5.41) is 3.67. The number of aryl methyl sites for hydroxylation is 1. The van der Waals surface area contributed by atoms with E-state index in [1.807, 2.05) is 11.8 Å². The van der Waals surface area contributed by atoms with E-state index < -0.39 is 0 Å². The van der Waals surface area contributed by atoms with Crippen LogP contribution in [0.3, 0.4) is 0 Å². The Balaban J connectivity index is 2.71. The van der Waals surface area contributed by atoms with Gasteiger partial charge in [0.15, 0.2) is 0 Å². The second kappa shape index (κ2) is 7.96. The van der Waals surface area contributed by atoms with Gasteiger partial charge in [0, 0.05) is 12.1 Å².